The van der Waals surface area contributed by atoms with E-state index in [0.717, 1.165) is 44.0 Å². The summed E-state index contributed by atoms with van der Waals surface area (Å²) in [5, 5.41) is 9.88. The predicted octanol–water partition coefficient (Wildman–Crippen LogP) is 1.25. The van der Waals surface area contributed by atoms with Gasteiger partial charge in [0, 0.05) is 31.7 Å². The number of nitrogens with zero attached hydrogens (tertiary/aromatic N) is 1. The van der Waals surface area contributed by atoms with Gasteiger partial charge in [0.25, 0.3) is 0 Å². The van der Waals surface area contributed by atoms with Crippen molar-refractivity contribution in [2.24, 2.45) is 11.3 Å². The minimum atomic E-state index is -0.0985. The molecule has 4 rings (SSSR count). The number of benzene rings is 1. The van der Waals surface area contributed by atoms with Crippen molar-refractivity contribution in [3.05, 3.63) is 17.7 Å². The van der Waals surface area contributed by atoms with Crippen LogP contribution in [0.1, 0.15) is 12.0 Å². The summed E-state index contributed by atoms with van der Waals surface area (Å²) in [6, 6.07) is 4.03. The Labute approximate surface area is 135 Å². The first kappa shape index (κ1) is 15.1. The van der Waals surface area contributed by atoms with Gasteiger partial charge in [-0.05, 0) is 30.0 Å². The number of hydrogen-bond acceptors (Lipinski definition) is 6. The van der Waals surface area contributed by atoms with Gasteiger partial charge in [0.05, 0.1) is 20.3 Å². The summed E-state index contributed by atoms with van der Waals surface area (Å²) in [5.41, 5.74) is 1.04. The van der Waals surface area contributed by atoms with Gasteiger partial charge in [0.15, 0.2) is 11.5 Å². The van der Waals surface area contributed by atoms with Gasteiger partial charge in [0.2, 0.25) is 12.5 Å². The molecule has 0 bridgehead atoms. The summed E-state index contributed by atoms with van der Waals surface area (Å²) in [6.45, 7) is 4.58. The molecule has 23 heavy (non-hydrogen) atoms. The smallest absolute Gasteiger partial charge is 0.231 e. The number of aliphatic hydroxyl groups is 1. The SMILES string of the molecule is COc1cc(CN2C[C@@H]3CCOC[C@]3(CO)C2)cc2c1OCO2. The molecule has 0 spiro atoms. The Hall–Kier alpha value is -1.50. The van der Waals surface area contributed by atoms with Gasteiger partial charge in [-0.15, -0.1) is 0 Å². The van der Waals surface area contributed by atoms with Crippen LogP contribution >= 0.6 is 0 Å². The molecule has 126 valence electrons. The van der Waals surface area contributed by atoms with Crippen molar-refractivity contribution in [1.29, 1.82) is 0 Å². The number of ether oxygens (including phenoxy) is 4. The standard InChI is InChI=1S/C17H23NO5/c1-20-14-4-12(5-15-16(14)23-11-22-15)6-18-7-13-2-3-21-10-17(13,8-18)9-19/h4-5,13,19H,2-3,6-11H2,1H3/t13-,17+/m0/s1. The minimum absolute atomic E-state index is 0.0985. The first-order chi connectivity index (χ1) is 11.2. The lowest BCUT2D eigenvalue weighted by Gasteiger charge is -2.36. The molecule has 3 heterocycles. The molecule has 1 aromatic carbocycles. The molecule has 1 N–H and O–H groups in total. The van der Waals surface area contributed by atoms with Crippen molar-refractivity contribution >= 4 is 0 Å². The maximum atomic E-state index is 9.88. The van der Waals surface area contributed by atoms with Crippen LogP contribution in [-0.2, 0) is 11.3 Å². The van der Waals surface area contributed by atoms with Crippen LogP contribution < -0.4 is 14.2 Å². The van der Waals surface area contributed by atoms with E-state index in [1.807, 2.05) is 12.1 Å². The second-order valence-electron chi connectivity index (χ2n) is 6.76. The Balaban J connectivity index is 1.53. The number of fused-ring (bicyclic) bond motifs is 2. The van der Waals surface area contributed by atoms with Crippen molar-refractivity contribution < 1.29 is 24.1 Å². The number of hydrogen-bond donors (Lipinski definition) is 1. The molecule has 2 saturated heterocycles. The lowest BCUT2D eigenvalue weighted by molar-refractivity contribution is -0.0561. The fourth-order valence-corrected chi connectivity index (χ4v) is 4.08. The molecule has 3 aliphatic heterocycles. The Morgan fingerprint density at radius 1 is 1.39 bits per heavy atom. The Morgan fingerprint density at radius 2 is 2.30 bits per heavy atom. The van der Waals surface area contributed by atoms with Crippen molar-refractivity contribution in [1.82, 2.24) is 4.90 Å². The van der Waals surface area contributed by atoms with Crippen LogP contribution in [0.5, 0.6) is 17.2 Å². The lowest BCUT2D eigenvalue weighted by atomic mass is 9.76. The van der Waals surface area contributed by atoms with Gasteiger partial charge in [0.1, 0.15) is 0 Å². The van der Waals surface area contributed by atoms with Gasteiger partial charge in [-0.3, -0.25) is 4.90 Å². The average Bonchev–Trinajstić information content (AvgIpc) is 3.18. The molecule has 0 aromatic heterocycles. The maximum Gasteiger partial charge on any atom is 0.231 e. The maximum absolute atomic E-state index is 9.88. The van der Waals surface area contributed by atoms with Crippen LogP contribution in [0.4, 0.5) is 0 Å². The van der Waals surface area contributed by atoms with Crippen LogP contribution in [0.25, 0.3) is 0 Å². The van der Waals surface area contributed by atoms with E-state index in [9.17, 15) is 5.11 Å². The van der Waals surface area contributed by atoms with E-state index in [2.05, 4.69) is 4.90 Å². The molecule has 2 atom stereocenters. The summed E-state index contributed by atoms with van der Waals surface area (Å²) in [7, 11) is 1.64. The molecule has 0 radical (unpaired) electrons. The molecule has 6 nitrogen and oxygen atoms in total. The fraction of sp³-hybridized carbons (Fsp3) is 0.647. The zero-order chi connectivity index (χ0) is 15.9. The van der Waals surface area contributed by atoms with Crippen molar-refractivity contribution in [3.63, 3.8) is 0 Å². The van der Waals surface area contributed by atoms with Gasteiger partial charge in [-0.25, -0.2) is 0 Å². The highest BCUT2D eigenvalue weighted by atomic mass is 16.7. The lowest BCUT2D eigenvalue weighted by Crippen LogP contribution is -2.42. The van der Waals surface area contributed by atoms with E-state index >= 15 is 0 Å². The quantitative estimate of drug-likeness (QED) is 0.901. The average molecular weight is 321 g/mol. The van der Waals surface area contributed by atoms with E-state index in [1.165, 1.54) is 0 Å². The van der Waals surface area contributed by atoms with E-state index in [1.54, 1.807) is 7.11 Å². The van der Waals surface area contributed by atoms with E-state index < -0.39 is 0 Å². The highest BCUT2D eigenvalue weighted by molar-refractivity contribution is 5.55. The summed E-state index contributed by atoms with van der Waals surface area (Å²) in [6.07, 6.45) is 1.03. The van der Waals surface area contributed by atoms with Crippen LogP contribution in [-0.4, -0.2) is 56.8 Å². The third-order valence-electron chi connectivity index (χ3n) is 5.32. The molecule has 0 aliphatic carbocycles. The summed E-state index contributed by atoms with van der Waals surface area (Å²) in [4.78, 5) is 2.40. The van der Waals surface area contributed by atoms with Gasteiger partial charge >= 0.3 is 0 Å². The van der Waals surface area contributed by atoms with Crippen molar-refractivity contribution in [3.8, 4) is 17.2 Å². The van der Waals surface area contributed by atoms with E-state index in [4.69, 9.17) is 18.9 Å². The van der Waals surface area contributed by atoms with Crippen LogP contribution in [0.2, 0.25) is 0 Å². The highest BCUT2D eigenvalue weighted by Gasteiger charge is 2.47. The number of aliphatic hydroxyl groups excluding tert-OH is 1. The number of rotatable bonds is 4. The molecule has 1 aromatic rings. The second kappa shape index (κ2) is 5.85. The third-order valence-corrected chi connectivity index (χ3v) is 5.32. The topological polar surface area (TPSA) is 60.4 Å². The Bertz CT molecular complexity index is 593. The van der Waals surface area contributed by atoms with Gasteiger partial charge < -0.3 is 24.1 Å². The zero-order valence-electron chi connectivity index (χ0n) is 13.4. The van der Waals surface area contributed by atoms with Crippen molar-refractivity contribution in [2.45, 2.75) is 13.0 Å². The molecular formula is C17H23NO5. The largest absolute Gasteiger partial charge is 0.493 e. The third kappa shape index (κ3) is 2.55. The Morgan fingerprint density at radius 3 is 3.09 bits per heavy atom. The fourth-order valence-electron chi connectivity index (χ4n) is 4.08. The number of likely N-dealkylation sites (tertiary alicyclic amines) is 1. The van der Waals surface area contributed by atoms with E-state index in [-0.39, 0.29) is 18.8 Å². The molecule has 2 fully saturated rings. The highest BCUT2D eigenvalue weighted by Crippen LogP contribution is 2.44. The predicted molar refractivity (Wildman–Crippen MR) is 82.8 cm³/mol. The summed E-state index contributed by atoms with van der Waals surface area (Å²) < 4.78 is 22.0. The van der Waals surface area contributed by atoms with Crippen LogP contribution in [0, 0.1) is 11.3 Å². The molecule has 0 amide bonds. The van der Waals surface area contributed by atoms with Crippen molar-refractivity contribution in [2.75, 3.05) is 46.8 Å². The molecule has 0 unspecified atom stereocenters. The van der Waals surface area contributed by atoms with Gasteiger partial charge in [-0.1, -0.05) is 0 Å². The Kier molecular flexibility index (Phi) is 3.83. The zero-order valence-corrected chi connectivity index (χ0v) is 13.4. The normalized spacial score (nSPS) is 29.6. The number of methoxy groups -OCH3 is 1. The van der Waals surface area contributed by atoms with E-state index in [0.29, 0.717) is 24.0 Å². The monoisotopic (exact) mass is 321 g/mol. The van der Waals surface area contributed by atoms with Crippen LogP contribution in [0.15, 0.2) is 12.1 Å². The first-order valence-electron chi connectivity index (χ1n) is 8.11. The molecule has 0 saturated carbocycles. The summed E-state index contributed by atoms with van der Waals surface area (Å²) in [5.74, 6) is 2.66. The molecule has 6 heteroatoms. The first-order valence-corrected chi connectivity index (χ1v) is 8.11. The molecular weight excluding hydrogens is 298 g/mol. The second-order valence-corrected chi connectivity index (χ2v) is 6.76. The molecule has 3 aliphatic rings. The van der Waals surface area contributed by atoms with Gasteiger partial charge in [-0.2, -0.15) is 0 Å². The van der Waals surface area contributed by atoms with Crippen LogP contribution in [0.3, 0.4) is 0 Å². The summed E-state index contributed by atoms with van der Waals surface area (Å²) >= 11 is 0. The minimum Gasteiger partial charge on any atom is -0.493 e.